The van der Waals surface area contributed by atoms with Gasteiger partial charge in [-0.05, 0) is 43.1 Å². The molecule has 0 spiro atoms. The van der Waals surface area contributed by atoms with Crippen molar-refractivity contribution in [2.45, 2.75) is 38.5 Å². The molecule has 1 fully saturated rings. The lowest BCUT2D eigenvalue weighted by Crippen LogP contribution is -2.33. The van der Waals surface area contributed by atoms with E-state index in [1.165, 1.54) is 16.8 Å². The zero-order valence-corrected chi connectivity index (χ0v) is 14.4. The molecule has 1 aromatic heterocycles. The summed E-state index contributed by atoms with van der Waals surface area (Å²) < 4.78 is 7.17. The largest absolute Gasteiger partial charge is 0.394 e. The van der Waals surface area contributed by atoms with Crippen molar-refractivity contribution < 1.29 is 9.84 Å². The quantitative estimate of drug-likeness (QED) is 0.847. The van der Waals surface area contributed by atoms with Crippen molar-refractivity contribution in [3.8, 4) is 0 Å². The van der Waals surface area contributed by atoms with Crippen molar-refractivity contribution in [1.82, 2.24) is 14.7 Å². The first kappa shape index (κ1) is 17.1. The molecule has 1 aromatic carbocycles. The fraction of sp³-hybridized carbons (Fsp3) is 0.526. The van der Waals surface area contributed by atoms with Crippen LogP contribution < -0.4 is 0 Å². The Labute approximate surface area is 143 Å². The molecule has 0 saturated carbocycles. The van der Waals surface area contributed by atoms with Gasteiger partial charge in [0.05, 0.1) is 19.8 Å². The van der Waals surface area contributed by atoms with Crippen LogP contribution in [-0.4, -0.2) is 46.6 Å². The maximum atomic E-state index is 9.15. The molecule has 2 aromatic rings. The first-order chi connectivity index (χ1) is 11.8. The molecule has 5 nitrogen and oxygen atoms in total. The van der Waals surface area contributed by atoms with Gasteiger partial charge in [0, 0.05) is 31.5 Å². The summed E-state index contributed by atoms with van der Waals surface area (Å²) in [7, 11) is 1.74. The molecule has 0 atom stereocenters. The lowest BCUT2D eigenvalue weighted by atomic mass is 9.93. The summed E-state index contributed by atoms with van der Waals surface area (Å²) in [6.45, 7) is 4.61. The summed E-state index contributed by atoms with van der Waals surface area (Å²) in [5.74, 6) is 0.551. The third-order valence-corrected chi connectivity index (χ3v) is 4.78. The van der Waals surface area contributed by atoms with Crippen molar-refractivity contribution in [2.24, 2.45) is 0 Å². The molecule has 1 N–H and O–H groups in total. The summed E-state index contributed by atoms with van der Waals surface area (Å²) in [4.78, 5) is 2.52. The van der Waals surface area contributed by atoms with E-state index in [-0.39, 0.29) is 6.61 Å². The van der Waals surface area contributed by atoms with Gasteiger partial charge in [-0.1, -0.05) is 24.3 Å². The standard InChI is InChI=1S/C19H27N3O2/c1-24-15-17-4-2-3-16(13-17)14-21-9-6-18(7-10-21)19-5-8-20-22(19)11-12-23/h2-5,8,13,18,23H,6-7,9-12,14-15H2,1H3. The summed E-state index contributed by atoms with van der Waals surface area (Å²) in [6, 6.07) is 10.8. The van der Waals surface area contributed by atoms with Crippen LogP contribution in [-0.2, 0) is 24.4 Å². The maximum Gasteiger partial charge on any atom is 0.0713 e. The second kappa shape index (κ2) is 8.42. The molecule has 0 unspecified atom stereocenters. The number of aliphatic hydroxyl groups is 1. The molecule has 5 heteroatoms. The second-order valence-corrected chi connectivity index (χ2v) is 6.51. The first-order valence-corrected chi connectivity index (χ1v) is 8.72. The van der Waals surface area contributed by atoms with Crippen LogP contribution in [0.3, 0.4) is 0 Å². The average Bonchev–Trinajstić information content (AvgIpc) is 3.05. The topological polar surface area (TPSA) is 50.5 Å². The predicted molar refractivity (Wildman–Crippen MR) is 93.7 cm³/mol. The molecule has 1 aliphatic heterocycles. The van der Waals surface area contributed by atoms with E-state index in [0.29, 0.717) is 19.1 Å². The number of rotatable bonds is 7. The SMILES string of the molecule is COCc1cccc(CN2CCC(c3ccnn3CCO)CC2)c1. The normalized spacial score (nSPS) is 16.6. The highest BCUT2D eigenvalue weighted by molar-refractivity contribution is 5.23. The zero-order valence-electron chi connectivity index (χ0n) is 14.4. The number of hydrogen-bond acceptors (Lipinski definition) is 4. The Kier molecular flexibility index (Phi) is 6.01. The number of aromatic nitrogens is 2. The van der Waals surface area contributed by atoms with Crippen LogP contribution in [0.5, 0.6) is 0 Å². The van der Waals surface area contributed by atoms with E-state index in [1.807, 2.05) is 10.9 Å². The number of piperidine rings is 1. The Hall–Kier alpha value is -1.69. The van der Waals surface area contributed by atoms with Gasteiger partial charge in [0.1, 0.15) is 0 Å². The highest BCUT2D eigenvalue weighted by Crippen LogP contribution is 2.28. The molecule has 130 valence electrons. The molecule has 0 aliphatic carbocycles. The van der Waals surface area contributed by atoms with Gasteiger partial charge in [0.25, 0.3) is 0 Å². The Morgan fingerprint density at radius 3 is 2.75 bits per heavy atom. The summed E-state index contributed by atoms with van der Waals surface area (Å²) in [5, 5.41) is 13.5. The van der Waals surface area contributed by atoms with E-state index in [0.717, 1.165) is 32.5 Å². The van der Waals surface area contributed by atoms with E-state index in [2.05, 4.69) is 40.3 Å². The number of likely N-dealkylation sites (tertiary alicyclic amines) is 1. The number of aliphatic hydroxyl groups excluding tert-OH is 1. The summed E-state index contributed by atoms with van der Waals surface area (Å²) in [6.07, 6.45) is 4.14. The van der Waals surface area contributed by atoms with Crippen molar-refractivity contribution >= 4 is 0 Å². The number of ether oxygens (including phenoxy) is 1. The predicted octanol–water partition coefficient (Wildman–Crippen LogP) is 2.40. The van der Waals surface area contributed by atoms with Crippen LogP contribution in [0.25, 0.3) is 0 Å². The second-order valence-electron chi connectivity index (χ2n) is 6.51. The van der Waals surface area contributed by atoms with Gasteiger partial charge >= 0.3 is 0 Å². The van der Waals surface area contributed by atoms with Crippen LogP contribution in [0.1, 0.15) is 35.6 Å². The van der Waals surface area contributed by atoms with Crippen LogP contribution >= 0.6 is 0 Å². The minimum Gasteiger partial charge on any atom is -0.394 e. The van der Waals surface area contributed by atoms with Gasteiger partial charge in [0.2, 0.25) is 0 Å². The first-order valence-electron chi connectivity index (χ1n) is 8.72. The molecule has 2 heterocycles. The Morgan fingerprint density at radius 1 is 1.21 bits per heavy atom. The lowest BCUT2D eigenvalue weighted by Gasteiger charge is -2.32. The maximum absolute atomic E-state index is 9.15. The van der Waals surface area contributed by atoms with Gasteiger partial charge in [-0.15, -0.1) is 0 Å². The van der Waals surface area contributed by atoms with Gasteiger partial charge in [-0.3, -0.25) is 9.58 Å². The van der Waals surface area contributed by atoms with E-state index < -0.39 is 0 Å². The smallest absolute Gasteiger partial charge is 0.0713 e. The third kappa shape index (κ3) is 4.23. The molecule has 0 radical (unpaired) electrons. The zero-order chi connectivity index (χ0) is 16.8. The molecule has 24 heavy (non-hydrogen) atoms. The van der Waals surface area contributed by atoms with Crippen LogP contribution in [0.15, 0.2) is 36.5 Å². The van der Waals surface area contributed by atoms with Crippen molar-refractivity contribution in [1.29, 1.82) is 0 Å². The summed E-state index contributed by atoms with van der Waals surface area (Å²) >= 11 is 0. The van der Waals surface area contributed by atoms with E-state index in [9.17, 15) is 0 Å². The monoisotopic (exact) mass is 329 g/mol. The van der Waals surface area contributed by atoms with E-state index >= 15 is 0 Å². The highest BCUT2D eigenvalue weighted by Gasteiger charge is 2.23. The Bertz CT molecular complexity index is 633. The fourth-order valence-corrected chi connectivity index (χ4v) is 3.60. The minimum atomic E-state index is 0.144. The van der Waals surface area contributed by atoms with E-state index in [1.54, 1.807) is 7.11 Å². The molecule has 0 bridgehead atoms. The van der Waals surface area contributed by atoms with Crippen molar-refractivity contribution in [3.05, 3.63) is 53.3 Å². The number of methoxy groups -OCH3 is 1. The average molecular weight is 329 g/mol. The third-order valence-electron chi connectivity index (χ3n) is 4.78. The Morgan fingerprint density at radius 2 is 2.00 bits per heavy atom. The minimum absolute atomic E-state index is 0.144. The molecule has 3 rings (SSSR count). The van der Waals surface area contributed by atoms with Crippen molar-refractivity contribution in [2.75, 3.05) is 26.8 Å². The van der Waals surface area contributed by atoms with Crippen LogP contribution in [0, 0.1) is 0 Å². The fourth-order valence-electron chi connectivity index (χ4n) is 3.60. The van der Waals surface area contributed by atoms with Gasteiger partial charge in [0.15, 0.2) is 0 Å². The lowest BCUT2D eigenvalue weighted by molar-refractivity contribution is 0.184. The molecular weight excluding hydrogens is 302 g/mol. The number of nitrogens with zero attached hydrogens (tertiary/aromatic N) is 3. The van der Waals surface area contributed by atoms with Gasteiger partial charge < -0.3 is 9.84 Å². The number of hydrogen-bond donors (Lipinski definition) is 1. The molecule has 0 amide bonds. The highest BCUT2D eigenvalue weighted by atomic mass is 16.5. The van der Waals surface area contributed by atoms with Crippen molar-refractivity contribution in [3.63, 3.8) is 0 Å². The van der Waals surface area contributed by atoms with E-state index in [4.69, 9.17) is 9.84 Å². The molecule has 1 saturated heterocycles. The Balaban J connectivity index is 1.55. The van der Waals surface area contributed by atoms with Gasteiger partial charge in [-0.25, -0.2) is 0 Å². The van der Waals surface area contributed by atoms with Crippen LogP contribution in [0.4, 0.5) is 0 Å². The number of benzene rings is 1. The van der Waals surface area contributed by atoms with Gasteiger partial charge in [-0.2, -0.15) is 5.10 Å². The molecular formula is C19H27N3O2. The summed E-state index contributed by atoms with van der Waals surface area (Å²) in [5.41, 5.74) is 3.86. The van der Waals surface area contributed by atoms with Crippen LogP contribution in [0.2, 0.25) is 0 Å². The molecule has 1 aliphatic rings.